The summed E-state index contributed by atoms with van der Waals surface area (Å²) in [6, 6.07) is 15.9. The lowest BCUT2D eigenvalue weighted by atomic mass is 10.0. The van der Waals surface area contributed by atoms with Crippen LogP contribution in [0.4, 0.5) is 5.69 Å². The number of likely N-dealkylation sites (tertiary alicyclic amines) is 1. The molecule has 2 aromatic heterocycles. The summed E-state index contributed by atoms with van der Waals surface area (Å²) in [7, 11) is 0. The zero-order valence-corrected chi connectivity index (χ0v) is 21.8. The van der Waals surface area contributed by atoms with Gasteiger partial charge in [-0.05, 0) is 67.3 Å². The molecule has 4 aromatic rings. The summed E-state index contributed by atoms with van der Waals surface area (Å²) in [5.74, 6) is 0.832. The van der Waals surface area contributed by atoms with Gasteiger partial charge in [-0.2, -0.15) is 0 Å². The second-order valence-electron chi connectivity index (χ2n) is 10.1. The van der Waals surface area contributed by atoms with Crippen molar-refractivity contribution in [3.05, 3.63) is 71.0 Å². The molecule has 1 aliphatic heterocycles. The predicted molar refractivity (Wildman–Crippen MR) is 148 cm³/mol. The second-order valence-corrected chi connectivity index (χ2v) is 10.6. The number of fused-ring (bicyclic) bond motifs is 2. The number of nitrogens with one attached hydrogen (secondary N) is 1. The van der Waals surface area contributed by atoms with E-state index in [9.17, 15) is 4.79 Å². The third-order valence-corrected chi connectivity index (χ3v) is 7.78. The standard InChI is InChI=1S/C29H34ClN5O/c1-3-19(2)9-12-34(18-23-16-21-15-22(30)5-7-26(21)33-23)28-10-13-35(29(28)36)17-20-4-6-24-25(31)8-11-32-27(24)14-20/h4-8,11,14-16,19,28,33H,3,9-10,12-13,17-18H2,1-2H3,(H2,31,32)/t19-,28?/m1/s1. The highest BCUT2D eigenvalue weighted by Gasteiger charge is 2.36. The number of hydrogen-bond acceptors (Lipinski definition) is 4. The number of H-pyrrole nitrogens is 1. The van der Waals surface area contributed by atoms with Crippen LogP contribution in [0.5, 0.6) is 0 Å². The number of benzene rings is 2. The van der Waals surface area contributed by atoms with Gasteiger partial charge in [0.2, 0.25) is 5.91 Å². The van der Waals surface area contributed by atoms with Crippen LogP contribution in [0.2, 0.25) is 5.02 Å². The van der Waals surface area contributed by atoms with Crippen LogP contribution in [0.25, 0.3) is 21.8 Å². The highest BCUT2D eigenvalue weighted by molar-refractivity contribution is 6.31. The third-order valence-electron chi connectivity index (χ3n) is 7.54. The molecule has 2 aromatic carbocycles. The summed E-state index contributed by atoms with van der Waals surface area (Å²) in [4.78, 5) is 25.9. The summed E-state index contributed by atoms with van der Waals surface area (Å²) >= 11 is 6.19. The second kappa shape index (κ2) is 10.5. The molecule has 2 atom stereocenters. The fraction of sp³-hybridized carbons (Fsp3) is 0.379. The SMILES string of the molecule is CC[C@@H](C)CCN(Cc1cc2cc(Cl)ccc2[nH]1)C1CCN(Cc2ccc3c(N)ccnc3c2)C1=O. The van der Waals surface area contributed by atoms with E-state index in [-0.39, 0.29) is 11.9 Å². The number of hydrogen-bond donors (Lipinski definition) is 2. The van der Waals surface area contributed by atoms with Gasteiger partial charge in [-0.25, -0.2) is 0 Å². The van der Waals surface area contributed by atoms with Crippen LogP contribution in [-0.2, 0) is 17.9 Å². The van der Waals surface area contributed by atoms with E-state index < -0.39 is 0 Å². The maximum Gasteiger partial charge on any atom is 0.240 e. The first kappa shape index (κ1) is 24.6. The van der Waals surface area contributed by atoms with E-state index in [1.165, 1.54) is 0 Å². The van der Waals surface area contributed by atoms with E-state index in [0.29, 0.717) is 19.0 Å². The van der Waals surface area contributed by atoms with E-state index in [2.05, 4.69) is 40.8 Å². The molecular weight excluding hydrogens is 470 g/mol. The average Bonchev–Trinajstić information content (AvgIpc) is 3.43. The zero-order valence-electron chi connectivity index (χ0n) is 21.0. The van der Waals surface area contributed by atoms with Crippen LogP contribution in [0, 0.1) is 5.92 Å². The van der Waals surface area contributed by atoms with Crippen LogP contribution in [0.15, 0.2) is 54.7 Å². The van der Waals surface area contributed by atoms with E-state index in [4.69, 9.17) is 17.3 Å². The lowest BCUT2D eigenvalue weighted by molar-refractivity contribution is -0.132. The van der Waals surface area contributed by atoms with E-state index in [0.717, 1.165) is 76.1 Å². The molecule has 3 heterocycles. The molecule has 188 valence electrons. The van der Waals surface area contributed by atoms with Gasteiger partial charge >= 0.3 is 0 Å². The summed E-state index contributed by atoms with van der Waals surface area (Å²) in [5.41, 5.74) is 10.9. The third kappa shape index (κ3) is 5.20. The van der Waals surface area contributed by atoms with Gasteiger partial charge in [0.15, 0.2) is 0 Å². The Balaban J connectivity index is 1.33. The smallest absolute Gasteiger partial charge is 0.240 e. The van der Waals surface area contributed by atoms with Crippen molar-refractivity contribution in [1.29, 1.82) is 0 Å². The first-order valence-corrected chi connectivity index (χ1v) is 13.2. The largest absolute Gasteiger partial charge is 0.398 e. The fourth-order valence-electron chi connectivity index (χ4n) is 5.16. The molecule has 0 aliphatic carbocycles. The first-order chi connectivity index (χ1) is 17.4. The number of aromatic amines is 1. The number of pyridine rings is 1. The highest BCUT2D eigenvalue weighted by atomic mass is 35.5. The maximum absolute atomic E-state index is 13.6. The number of carbonyl (C=O) groups excluding carboxylic acids is 1. The topological polar surface area (TPSA) is 78.2 Å². The number of nitrogens with two attached hydrogens (primary N) is 1. The van der Waals surface area contributed by atoms with Crippen molar-refractivity contribution in [2.45, 2.75) is 52.2 Å². The molecule has 0 saturated carbocycles. The number of anilines is 1. The lowest BCUT2D eigenvalue weighted by Crippen LogP contribution is -2.42. The van der Waals surface area contributed by atoms with Crippen molar-refractivity contribution in [3.8, 4) is 0 Å². The molecule has 0 spiro atoms. The fourth-order valence-corrected chi connectivity index (χ4v) is 5.34. The van der Waals surface area contributed by atoms with Gasteiger partial charge in [0, 0.05) is 58.5 Å². The maximum atomic E-state index is 13.6. The molecule has 0 bridgehead atoms. The molecule has 7 heteroatoms. The van der Waals surface area contributed by atoms with Crippen molar-refractivity contribution >= 4 is 45.0 Å². The Hall–Kier alpha value is -3.09. The van der Waals surface area contributed by atoms with Crippen LogP contribution >= 0.6 is 11.6 Å². The molecule has 6 nitrogen and oxygen atoms in total. The van der Waals surface area contributed by atoms with Crippen molar-refractivity contribution < 1.29 is 4.79 Å². The van der Waals surface area contributed by atoms with Gasteiger partial charge in [-0.15, -0.1) is 0 Å². The summed E-state index contributed by atoms with van der Waals surface area (Å²) in [5, 5.41) is 2.78. The van der Waals surface area contributed by atoms with Gasteiger partial charge in [0.1, 0.15) is 0 Å². The minimum atomic E-state index is -0.113. The molecular formula is C29H34ClN5O. The molecule has 1 saturated heterocycles. The number of nitrogen functional groups attached to an aromatic ring is 1. The molecule has 1 unspecified atom stereocenters. The quantitative estimate of drug-likeness (QED) is 0.294. The summed E-state index contributed by atoms with van der Waals surface area (Å²) in [6.07, 6.45) is 4.78. The van der Waals surface area contributed by atoms with Gasteiger partial charge in [-0.3, -0.25) is 14.7 Å². The summed E-state index contributed by atoms with van der Waals surface area (Å²) in [6.45, 7) is 7.47. The minimum absolute atomic E-state index is 0.113. The number of amides is 1. The normalized spacial score (nSPS) is 17.1. The molecule has 3 N–H and O–H groups in total. The number of halogens is 1. The van der Waals surface area contributed by atoms with Crippen LogP contribution in [0.1, 0.15) is 44.4 Å². The monoisotopic (exact) mass is 503 g/mol. The van der Waals surface area contributed by atoms with Gasteiger partial charge < -0.3 is 15.6 Å². The minimum Gasteiger partial charge on any atom is -0.398 e. The van der Waals surface area contributed by atoms with Crippen LogP contribution in [-0.4, -0.2) is 44.8 Å². The average molecular weight is 504 g/mol. The van der Waals surface area contributed by atoms with E-state index >= 15 is 0 Å². The molecule has 5 rings (SSSR count). The van der Waals surface area contributed by atoms with Crippen molar-refractivity contribution in [2.24, 2.45) is 5.92 Å². The Morgan fingerprint density at radius 3 is 2.92 bits per heavy atom. The summed E-state index contributed by atoms with van der Waals surface area (Å²) < 4.78 is 0. The van der Waals surface area contributed by atoms with Crippen molar-refractivity contribution in [2.75, 3.05) is 18.8 Å². The van der Waals surface area contributed by atoms with Crippen LogP contribution in [0.3, 0.4) is 0 Å². The first-order valence-electron chi connectivity index (χ1n) is 12.8. The number of aromatic nitrogens is 2. The van der Waals surface area contributed by atoms with Crippen LogP contribution < -0.4 is 5.73 Å². The zero-order chi connectivity index (χ0) is 25.2. The molecule has 1 fully saturated rings. The Bertz CT molecular complexity index is 1380. The lowest BCUT2D eigenvalue weighted by Gasteiger charge is -2.28. The molecule has 0 radical (unpaired) electrons. The van der Waals surface area contributed by atoms with E-state index in [1.807, 2.05) is 41.3 Å². The van der Waals surface area contributed by atoms with Crippen molar-refractivity contribution in [3.63, 3.8) is 0 Å². The molecule has 1 amide bonds. The van der Waals surface area contributed by atoms with E-state index in [1.54, 1.807) is 6.20 Å². The van der Waals surface area contributed by atoms with Gasteiger partial charge in [0.05, 0.1) is 11.6 Å². The Morgan fingerprint density at radius 2 is 2.08 bits per heavy atom. The number of rotatable bonds is 9. The molecule has 36 heavy (non-hydrogen) atoms. The molecule has 1 aliphatic rings. The van der Waals surface area contributed by atoms with Crippen molar-refractivity contribution in [1.82, 2.24) is 19.8 Å². The Kier molecular flexibility index (Phi) is 7.17. The predicted octanol–water partition coefficient (Wildman–Crippen LogP) is 5.99. The van der Waals surface area contributed by atoms with Gasteiger partial charge in [-0.1, -0.05) is 44.0 Å². The Labute approximate surface area is 217 Å². The Morgan fingerprint density at radius 1 is 1.22 bits per heavy atom. The van der Waals surface area contributed by atoms with Gasteiger partial charge in [0.25, 0.3) is 0 Å². The highest BCUT2D eigenvalue weighted by Crippen LogP contribution is 2.27. The number of nitrogens with zero attached hydrogens (tertiary/aromatic N) is 3. The number of carbonyl (C=O) groups is 1.